The number of carboxylic acid groups (broad SMARTS) is 1. The van der Waals surface area contributed by atoms with Crippen molar-refractivity contribution in [3.8, 4) is 11.8 Å². The molecule has 0 aliphatic heterocycles. The minimum absolute atomic E-state index is 0.250. The van der Waals surface area contributed by atoms with Gasteiger partial charge in [0.1, 0.15) is 11.6 Å². The van der Waals surface area contributed by atoms with E-state index in [4.69, 9.17) is 0 Å². The van der Waals surface area contributed by atoms with Gasteiger partial charge >= 0.3 is 5.97 Å². The van der Waals surface area contributed by atoms with Gasteiger partial charge in [0.2, 0.25) is 0 Å². The molecule has 0 aliphatic rings. The van der Waals surface area contributed by atoms with Crippen molar-refractivity contribution in [2.75, 3.05) is 7.05 Å². The first-order chi connectivity index (χ1) is 18.0. The number of benzene rings is 2. The third-order valence-corrected chi connectivity index (χ3v) is 8.16. The van der Waals surface area contributed by atoms with Crippen LogP contribution < -0.4 is 0 Å². The summed E-state index contributed by atoms with van der Waals surface area (Å²) in [5.74, 6) is 4.90. The van der Waals surface area contributed by atoms with Crippen molar-refractivity contribution >= 4 is 11.9 Å². The number of likely N-dealkylation sites (N-methyl/N-ethyl adjacent to an activating group) is 1. The summed E-state index contributed by atoms with van der Waals surface area (Å²) in [4.78, 5) is 25.6. The van der Waals surface area contributed by atoms with Crippen LogP contribution in [0.15, 0.2) is 36.4 Å². The van der Waals surface area contributed by atoms with Crippen molar-refractivity contribution in [3.05, 3.63) is 69.8 Å². The zero-order chi connectivity index (χ0) is 30.3. The van der Waals surface area contributed by atoms with E-state index in [0.717, 1.165) is 35.1 Å². The molecule has 2 unspecified atom stereocenters. The predicted octanol–water partition coefficient (Wildman–Crippen LogP) is 7.13. The van der Waals surface area contributed by atoms with E-state index < -0.39 is 17.6 Å². The standard InChI is InChI=1S/C32H43NO4.C2H6/c1-11-32(12-2,25-14-13-24(21(3)19-25)17-18-31(9,37)30(6,7)8)26-15-16-27(22(4)20-26)28(34)33(10)23(5)29(35)36;1-2/h13-16,19-20,23,37H,11-12H2,1-10H3,(H,35,36);1-2H3. The highest BCUT2D eigenvalue weighted by Gasteiger charge is 2.34. The number of aliphatic carboxylic acids is 1. The molecule has 2 atom stereocenters. The first-order valence-electron chi connectivity index (χ1n) is 14.0. The Morgan fingerprint density at radius 1 is 0.923 bits per heavy atom. The van der Waals surface area contributed by atoms with Gasteiger partial charge in [-0.1, -0.05) is 84.6 Å². The molecular weight excluding hydrogens is 486 g/mol. The average Bonchev–Trinajstić information content (AvgIpc) is 2.88. The Balaban J connectivity index is 0.00000371. The molecule has 0 radical (unpaired) electrons. The zero-order valence-electron chi connectivity index (χ0n) is 26.1. The molecule has 5 heteroatoms. The van der Waals surface area contributed by atoms with Crippen LogP contribution in [-0.4, -0.2) is 45.7 Å². The number of hydrogen-bond acceptors (Lipinski definition) is 3. The number of amides is 1. The average molecular weight is 536 g/mol. The normalized spacial score (nSPS) is 13.7. The van der Waals surface area contributed by atoms with Gasteiger partial charge in [0, 0.05) is 29.0 Å². The lowest BCUT2D eigenvalue weighted by Crippen LogP contribution is -2.40. The second-order valence-corrected chi connectivity index (χ2v) is 11.4. The molecule has 0 saturated carbocycles. The molecule has 2 aromatic rings. The maximum Gasteiger partial charge on any atom is 0.326 e. The second kappa shape index (κ2) is 13.3. The van der Waals surface area contributed by atoms with Crippen LogP contribution in [-0.2, 0) is 10.2 Å². The van der Waals surface area contributed by atoms with Crippen molar-refractivity contribution < 1.29 is 19.8 Å². The van der Waals surface area contributed by atoms with E-state index >= 15 is 0 Å². The number of aryl methyl sites for hydroxylation is 2. The molecule has 0 bridgehead atoms. The number of nitrogens with zero attached hydrogens (tertiary/aromatic N) is 1. The van der Waals surface area contributed by atoms with Crippen LogP contribution in [0.3, 0.4) is 0 Å². The molecule has 0 fully saturated rings. The van der Waals surface area contributed by atoms with E-state index in [0.29, 0.717) is 5.56 Å². The Kier molecular flexibility index (Phi) is 11.6. The van der Waals surface area contributed by atoms with Crippen LogP contribution in [0.25, 0.3) is 0 Å². The molecule has 1 amide bonds. The van der Waals surface area contributed by atoms with Crippen LogP contribution in [0.1, 0.15) is 113 Å². The first-order valence-corrected chi connectivity index (χ1v) is 14.0. The third kappa shape index (κ3) is 7.31. The second-order valence-electron chi connectivity index (χ2n) is 11.4. The fourth-order valence-electron chi connectivity index (χ4n) is 4.44. The summed E-state index contributed by atoms with van der Waals surface area (Å²) >= 11 is 0. The molecule has 0 spiro atoms. The molecular formula is C34H49NO4. The summed E-state index contributed by atoms with van der Waals surface area (Å²) in [5.41, 5.74) is 3.85. The highest BCUT2D eigenvalue weighted by atomic mass is 16.4. The number of carboxylic acids is 1. The predicted molar refractivity (Wildman–Crippen MR) is 161 cm³/mol. The number of hydrogen-bond donors (Lipinski definition) is 2. The highest BCUT2D eigenvalue weighted by Crippen LogP contribution is 2.40. The largest absolute Gasteiger partial charge is 0.480 e. The van der Waals surface area contributed by atoms with Crippen LogP contribution in [0.2, 0.25) is 0 Å². The lowest BCUT2D eigenvalue weighted by atomic mass is 9.69. The van der Waals surface area contributed by atoms with E-state index in [-0.39, 0.29) is 16.7 Å². The van der Waals surface area contributed by atoms with Crippen LogP contribution in [0.5, 0.6) is 0 Å². The van der Waals surface area contributed by atoms with E-state index in [1.165, 1.54) is 24.4 Å². The van der Waals surface area contributed by atoms with Crippen molar-refractivity contribution in [2.45, 2.75) is 106 Å². The van der Waals surface area contributed by atoms with E-state index in [2.05, 4.69) is 43.9 Å². The number of carbonyl (C=O) groups excluding carboxylic acids is 1. The van der Waals surface area contributed by atoms with Gasteiger partial charge in [0.25, 0.3) is 5.91 Å². The molecule has 2 aromatic carbocycles. The molecule has 2 N–H and O–H groups in total. The summed E-state index contributed by atoms with van der Waals surface area (Å²) < 4.78 is 0. The minimum Gasteiger partial charge on any atom is -0.480 e. The number of carbonyl (C=O) groups is 2. The summed E-state index contributed by atoms with van der Waals surface area (Å²) in [6.07, 6.45) is 1.74. The Labute approximate surface area is 236 Å². The fraction of sp³-hybridized carbons (Fsp3) is 0.529. The molecule has 0 heterocycles. The van der Waals surface area contributed by atoms with Gasteiger partial charge in [-0.05, 0) is 74.9 Å². The van der Waals surface area contributed by atoms with Crippen LogP contribution in [0, 0.1) is 31.1 Å². The highest BCUT2D eigenvalue weighted by molar-refractivity contribution is 5.97. The quantitative estimate of drug-likeness (QED) is 0.370. The van der Waals surface area contributed by atoms with Gasteiger partial charge in [-0.25, -0.2) is 4.79 Å². The van der Waals surface area contributed by atoms with Crippen LogP contribution in [0.4, 0.5) is 0 Å². The summed E-state index contributed by atoms with van der Waals surface area (Å²) in [5, 5.41) is 20.1. The van der Waals surface area contributed by atoms with Gasteiger partial charge < -0.3 is 15.1 Å². The molecule has 5 nitrogen and oxygen atoms in total. The van der Waals surface area contributed by atoms with E-state index in [9.17, 15) is 19.8 Å². The van der Waals surface area contributed by atoms with Gasteiger partial charge in [0.15, 0.2) is 0 Å². The van der Waals surface area contributed by atoms with Crippen molar-refractivity contribution in [3.63, 3.8) is 0 Å². The molecule has 214 valence electrons. The van der Waals surface area contributed by atoms with Gasteiger partial charge in [-0.15, -0.1) is 0 Å². The molecule has 39 heavy (non-hydrogen) atoms. The van der Waals surface area contributed by atoms with E-state index in [1.54, 1.807) is 6.92 Å². The SMILES string of the molecule is CC.CCC(CC)(c1ccc(C#CC(C)(O)C(C)(C)C)c(C)c1)c1ccc(C(=O)N(C)C(C)C(=O)O)c(C)c1. The van der Waals surface area contributed by atoms with Crippen molar-refractivity contribution in [1.82, 2.24) is 4.90 Å². The lowest BCUT2D eigenvalue weighted by Gasteiger charge is -2.34. The fourth-order valence-corrected chi connectivity index (χ4v) is 4.44. The summed E-state index contributed by atoms with van der Waals surface area (Å²) in [6, 6.07) is 11.3. The lowest BCUT2D eigenvalue weighted by molar-refractivity contribution is -0.141. The molecule has 2 rings (SSSR count). The summed E-state index contributed by atoms with van der Waals surface area (Å²) in [7, 11) is 1.52. The van der Waals surface area contributed by atoms with Crippen molar-refractivity contribution in [1.29, 1.82) is 0 Å². The molecule has 0 saturated heterocycles. The van der Waals surface area contributed by atoms with Crippen LogP contribution >= 0.6 is 0 Å². The Hall–Kier alpha value is -3.10. The molecule has 0 aliphatic carbocycles. The van der Waals surface area contributed by atoms with Crippen molar-refractivity contribution in [2.24, 2.45) is 5.41 Å². The zero-order valence-corrected chi connectivity index (χ0v) is 26.1. The van der Waals surface area contributed by atoms with Gasteiger partial charge in [-0.2, -0.15) is 0 Å². The minimum atomic E-state index is -1.11. The Morgan fingerprint density at radius 3 is 1.82 bits per heavy atom. The Bertz CT molecular complexity index is 1220. The first kappa shape index (κ1) is 33.9. The van der Waals surface area contributed by atoms with E-state index in [1.807, 2.05) is 66.7 Å². The molecule has 0 aromatic heterocycles. The third-order valence-electron chi connectivity index (χ3n) is 8.16. The number of aliphatic hydroxyl groups is 1. The monoisotopic (exact) mass is 535 g/mol. The summed E-state index contributed by atoms with van der Waals surface area (Å²) in [6.45, 7) is 21.5. The maximum atomic E-state index is 13.0. The smallest absolute Gasteiger partial charge is 0.326 e. The number of rotatable bonds is 7. The maximum absolute atomic E-state index is 13.0. The Morgan fingerprint density at radius 2 is 1.41 bits per heavy atom. The van der Waals surface area contributed by atoms with Gasteiger partial charge in [0.05, 0.1) is 0 Å². The topological polar surface area (TPSA) is 77.8 Å². The van der Waals surface area contributed by atoms with Gasteiger partial charge in [-0.3, -0.25) is 4.79 Å².